The van der Waals surface area contributed by atoms with Crippen molar-refractivity contribution in [3.05, 3.63) is 71.5 Å². The van der Waals surface area contributed by atoms with Gasteiger partial charge in [-0.1, -0.05) is 41.6 Å². The first kappa shape index (κ1) is 15.7. The average Bonchev–Trinajstić information content (AvgIpc) is 3.28. The van der Waals surface area contributed by atoms with E-state index in [-0.39, 0.29) is 18.2 Å². The van der Waals surface area contributed by atoms with E-state index in [0.717, 1.165) is 28.2 Å². The van der Waals surface area contributed by atoms with E-state index in [4.69, 9.17) is 9.51 Å². The first-order valence-corrected chi connectivity index (χ1v) is 8.83. The maximum absolute atomic E-state index is 12.3. The molecule has 0 spiro atoms. The molecule has 1 N–H and O–H groups in total. The van der Waals surface area contributed by atoms with E-state index in [1.165, 1.54) is 0 Å². The molecule has 7 nitrogen and oxygen atoms in total. The van der Waals surface area contributed by atoms with Gasteiger partial charge in [-0.05, 0) is 18.6 Å². The van der Waals surface area contributed by atoms with Crippen LogP contribution in [0.5, 0.6) is 0 Å². The zero-order chi connectivity index (χ0) is 18.4. The first-order valence-electron chi connectivity index (χ1n) is 8.83. The van der Waals surface area contributed by atoms with Crippen LogP contribution in [0.4, 0.5) is 0 Å². The highest BCUT2D eigenvalue weighted by Crippen LogP contribution is 2.33. The maximum atomic E-state index is 12.3. The Balaban J connectivity index is 1.66. The monoisotopic (exact) mass is 359 g/mol. The van der Waals surface area contributed by atoms with Gasteiger partial charge in [0.1, 0.15) is 5.65 Å². The molecular weight excluding hydrogens is 342 g/mol. The molecule has 4 heterocycles. The van der Waals surface area contributed by atoms with Crippen LogP contribution in [0.2, 0.25) is 0 Å². The fourth-order valence-corrected chi connectivity index (χ4v) is 3.59. The highest BCUT2D eigenvalue weighted by atomic mass is 16.5. The van der Waals surface area contributed by atoms with Gasteiger partial charge in [0.05, 0.1) is 23.9 Å². The summed E-state index contributed by atoms with van der Waals surface area (Å²) in [5, 5.41) is 7.04. The topological polar surface area (TPSA) is 85.3 Å². The van der Waals surface area contributed by atoms with Gasteiger partial charge in [-0.15, -0.1) is 0 Å². The van der Waals surface area contributed by atoms with Crippen LogP contribution in [0.3, 0.4) is 0 Å². The van der Waals surface area contributed by atoms with E-state index >= 15 is 0 Å². The molecule has 1 aromatic carbocycles. The molecular formula is C20H17N5O2. The summed E-state index contributed by atoms with van der Waals surface area (Å²) < 4.78 is 7.62. The number of rotatable bonds is 2. The molecule has 3 aromatic heterocycles. The molecule has 0 bridgehead atoms. The Kier molecular flexibility index (Phi) is 3.53. The van der Waals surface area contributed by atoms with Gasteiger partial charge in [0.25, 0.3) is 0 Å². The molecule has 0 radical (unpaired) electrons. The fraction of sp³-hybridized carbons (Fsp3) is 0.200. The van der Waals surface area contributed by atoms with Crippen molar-refractivity contribution in [2.75, 3.05) is 0 Å². The molecule has 0 unspecified atom stereocenters. The largest absolute Gasteiger partial charge is 0.350 e. The lowest BCUT2D eigenvalue weighted by molar-refractivity contribution is -0.121. The van der Waals surface area contributed by atoms with Gasteiger partial charge in [0, 0.05) is 18.2 Å². The van der Waals surface area contributed by atoms with Gasteiger partial charge >= 0.3 is 0 Å². The second kappa shape index (κ2) is 6.05. The maximum Gasteiger partial charge on any atom is 0.236 e. The van der Waals surface area contributed by atoms with Gasteiger partial charge in [-0.2, -0.15) is 4.98 Å². The Bertz CT molecular complexity index is 1150. The predicted molar refractivity (Wildman–Crippen MR) is 98.0 cm³/mol. The summed E-state index contributed by atoms with van der Waals surface area (Å²) in [6.07, 6.45) is 2.20. The number of hydrogen-bond donors (Lipinski definition) is 1. The molecule has 1 aliphatic heterocycles. The number of nitrogens with one attached hydrogen (secondary N) is 1. The molecule has 0 saturated heterocycles. The van der Waals surface area contributed by atoms with Crippen molar-refractivity contribution < 1.29 is 9.32 Å². The van der Waals surface area contributed by atoms with E-state index in [1.54, 1.807) is 0 Å². The van der Waals surface area contributed by atoms with Gasteiger partial charge in [0.2, 0.25) is 17.6 Å². The number of nitrogens with zero attached hydrogens (tertiary/aromatic N) is 4. The SMILES string of the molecule is Cc1cccn2c3c(nc12)CNC(=O)C[C@H]3c1nc(-c2ccccc2)no1. The minimum absolute atomic E-state index is 0.0566. The predicted octanol–water partition coefficient (Wildman–Crippen LogP) is 2.84. The average molecular weight is 359 g/mol. The normalized spacial score (nSPS) is 16.8. The molecule has 134 valence electrons. The van der Waals surface area contributed by atoms with Crippen molar-refractivity contribution >= 4 is 11.6 Å². The number of hydrogen-bond acceptors (Lipinski definition) is 5. The van der Waals surface area contributed by atoms with Crippen LogP contribution in [0, 0.1) is 6.92 Å². The van der Waals surface area contributed by atoms with Crippen molar-refractivity contribution in [2.24, 2.45) is 0 Å². The van der Waals surface area contributed by atoms with Crippen LogP contribution in [-0.2, 0) is 11.3 Å². The van der Waals surface area contributed by atoms with Crippen molar-refractivity contribution in [1.29, 1.82) is 0 Å². The third-order valence-corrected chi connectivity index (χ3v) is 4.90. The summed E-state index contributed by atoms with van der Waals surface area (Å²) in [4.78, 5) is 21.6. The zero-order valence-electron chi connectivity index (χ0n) is 14.7. The fourth-order valence-electron chi connectivity index (χ4n) is 3.59. The van der Waals surface area contributed by atoms with Crippen molar-refractivity contribution in [2.45, 2.75) is 25.8 Å². The lowest BCUT2D eigenvalue weighted by Crippen LogP contribution is -2.21. The highest BCUT2D eigenvalue weighted by Gasteiger charge is 2.33. The van der Waals surface area contributed by atoms with Crippen LogP contribution in [0.1, 0.15) is 35.2 Å². The number of fused-ring (bicyclic) bond motifs is 3. The Labute approximate surface area is 155 Å². The van der Waals surface area contributed by atoms with Crippen LogP contribution >= 0.6 is 0 Å². The molecule has 4 aromatic rings. The standard InChI is InChI=1S/C20H17N5O2/c1-12-6-5-9-25-17-14(10-16(26)21-11-15(17)22-19(12)25)20-23-18(24-27-20)13-7-3-2-4-8-13/h2-9,14H,10-11H2,1H3,(H,21,26)/t14-/m1/s1. The highest BCUT2D eigenvalue weighted by molar-refractivity contribution is 5.78. The molecule has 1 amide bonds. The molecule has 1 aliphatic rings. The molecule has 7 heteroatoms. The second-order valence-corrected chi connectivity index (χ2v) is 6.68. The molecule has 27 heavy (non-hydrogen) atoms. The van der Waals surface area contributed by atoms with Crippen LogP contribution < -0.4 is 5.32 Å². The molecule has 0 fully saturated rings. The molecule has 5 rings (SSSR count). The van der Waals surface area contributed by atoms with Gasteiger partial charge < -0.3 is 14.2 Å². The quantitative estimate of drug-likeness (QED) is 0.595. The number of aryl methyl sites for hydroxylation is 1. The zero-order valence-corrected chi connectivity index (χ0v) is 14.7. The number of imidazole rings is 1. The van der Waals surface area contributed by atoms with E-state index in [9.17, 15) is 4.79 Å². The minimum atomic E-state index is -0.343. The van der Waals surface area contributed by atoms with E-state index < -0.39 is 0 Å². The summed E-state index contributed by atoms with van der Waals surface area (Å²) in [6, 6.07) is 13.6. The van der Waals surface area contributed by atoms with Crippen molar-refractivity contribution in [1.82, 2.24) is 24.8 Å². The summed E-state index contributed by atoms with van der Waals surface area (Å²) in [5.41, 5.74) is 4.59. The number of carbonyl (C=O) groups is 1. The van der Waals surface area contributed by atoms with E-state index in [1.807, 2.05) is 60.0 Å². The Morgan fingerprint density at radius 2 is 2.00 bits per heavy atom. The van der Waals surface area contributed by atoms with Crippen molar-refractivity contribution in [3.8, 4) is 11.4 Å². The minimum Gasteiger partial charge on any atom is -0.350 e. The van der Waals surface area contributed by atoms with E-state index in [2.05, 4.69) is 15.5 Å². The van der Waals surface area contributed by atoms with Gasteiger partial charge in [-0.3, -0.25) is 4.79 Å². The summed E-state index contributed by atoms with van der Waals surface area (Å²) in [6.45, 7) is 2.42. The summed E-state index contributed by atoms with van der Waals surface area (Å²) in [7, 11) is 0. The Morgan fingerprint density at radius 1 is 1.15 bits per heavy atom. The third-order valence-electron chi connectivity index (χ3n) is 4.90. The number of benzene rings is 1. The second-order valence-electron chi connectivity index (χ2n) is 6.68. The van der Waals surface area contributed by atoms with Crippen LogP contribution in [0.25, 0.3) is 17.0 Å². The number of pyridine rings is 1. The van der Waals surface area contributed by atoms with Crippen LogP contribution in [0.15, 0.2) is 53.2 Å². The number of amides is 1. The molecule has 0 saturated carbocycles. The molecule has 1 atom stereocenters. The lowest BCUT2D eigenvalue weighted by atomic mass is 10.00. The summed E-state index contributed by atoms with van der Waals surface area (Å²) in [5.74, 6) is 0.542. The number of carbonyl (C=O) groups excluding carboxylic acids is 1. The van der Waals surface area contributed by atoms with Crippen molar-refractivity contribution in [3.63, 3.8) is 0 Å². The van der Waals surface area contributed by atoms with E-state index in [0.29, 0.717) is 18.3 Å². The van der Waals surface area contributed by atoms with Gasteiger partial charge in [-0.25, -0.2) is 4.98 Å². The smallest absolute Gasteiger partial charge is 0.236 e. The number of aromatic nitrogens is 4. The van der Waals surface area contributed by atoms with Crippen LogP contribution in [-0.4, -0.2) is 25.4 Å². The molecule has 0 aliphatic carbocycles. The lowest BCUT2D eigenvalue weighted by Gasteiger charge is -2.11. The van der Waals surface area contributed by atoms with Gasteiger partial charge in [0.15, 0.2) is 0 Å². The Hall–Kier alpha value is -3.48. The summed E-state index contributed by atoms with van der Waals surface area (Å²) >= 11 is 0. The third kappa shape index (κ3) is 2.59. The first-order chi connectivity index (χ1) is 13.2. The Morgan fingerprint density at radius 3 is 2.85 bits per heavy atom.